The molecule has 1 aliphatic carbocycles. The van der Waals surface area contributed by atoms with Gasteiger partial charge in [0, 0.05) is 0 Å². The number of carbonyl (C=O) groups is 3. The van der Waals surface area contributed by atoms with Crippen LogP contribution in [0.1, 0.15) is 25.7 Å². The normalized spacial score (nSPS) is 35.1. The van der Waals surface area contributed by atoms with Gasteiger partial charge < -0.3 is 10.4 Å². The summed E-state index contributed by atoms with van der Waals surface area (Å²) in [6.45, 7) is 0. The van der Waals surface area contributed by atoms with Gasteiger partial charge in [-0.2, -0.15) is 0 Å². The van der Waals surface area contributed by atoms with Crippen LogP contribution in [0.15, 0.2) is 0 Å². The summed E-state index contributed by atoms with van der Waals surface area (Å²) in [6, 6.07) is -0.478. The fourth-order valence-corrected chi connectivity index (χ4v) is 2.24. The van der Waals surface area contributed by atoms with E-state index in [2.05, 4.69) is 10.6 Å². The van der Waals surface area contributed by atoms with Crippen molar-refractivity contribution in [2.24, 2.45) is 5.92 Å². The lowest BCUT2D eigenvalue weighted by atomic mass is 9.76. The molecule has 0 atom stereocenters. The van der Waals surface area contributed by atoms with Gasteiger partial charge in [-0.3, -0.25) is 14.9 Å². The summed E-state index contributed by atoms with van der Waals surface area (Å²) in [5.41, 5.74) is -0.844. The summed E-state index contributed by atoms with van der Waals surface area (Å²) in [6.07, 6.45) is 1.68. The Morgan fingerprint density at radius 1 is 1.33 bits per heavy atom. The Balaban J connectivity index is 2.06. The third-order valence-electron chi connectivity index (χ3n) is 3.20. The van der Waals surface area contributed by atoms with Gasteiger partial charge in [0.15, 0.2) is 0 Å². The Kier molecular flexibility index (Phi) is 2.13. The van der Waals surface area contributed by atoms with Crippen LogP contribution in [0.3, 0.4) is 0 Å². The van der Waals surface area contributed by atoms with E-state index in [-0.39, 0.29) is 11.8 Å². The van der Waals surface area contributed by atoms with Crippen molar-refractivity contribution in [1.82, 2.24) is 10.6 Å². The molecule has 15 heavy (non-hydrogen) atoms. The molecule has 82 valence electrons. The molecule has 0 radical (unpaired) electrons. The average Bonchev–Trinajstić information content (AvgIpc) is 2.42. The SMILES string of the molecule is O=C1NC(=O)C2(CCC(C(=O)O)CC2)N1. The fourth-order valence-electron chi connectivity index (χ4n) is 2.24. The maximum absolute atomic E-state index is 11.5. The molecule has 0 aromatic carbocycles. The largest absolute Gasteiger partial charge is 0.481 e. The second kappa shape index (κ2) is 3.22. The number of imide groups is 1. The molecule has 1 saturated carbocycles. The Bertz CT molecular complexity index is 331. The highest BCUT2D eigenvalue weighted by Gasteiger charge is 2.48. The first kappa shape index (κ1) is 9.95. The van der Waals surface area contributed by atoms with Crippen LogP contribution in [0.2, 0.25) is 0 Å². The number of aliphatic carboxylic acids is 1. The number of amides is 3. The van der Waals surface area contributed by atoms with Crippen molar-refractivity contribution in [3.63, 3.8) is 0 Å². The van der Waals surface area contributed by atoms with E-state index in [4.69, 9.17) is 5.11 Å². The summed E-state index contributed by atoms with van der Waals surface area (Å²) < 4.78 is 0. The molecule has 0 aromatic heterocycles. The summed E-state index contributed by atoms with van der Waals surface area (Å²) in [5, 5.41) is 13.6. The summed E-state index contributed by atoms with van der Waals surface area (Å²) in [4.78, 5) is 33.2. The molecule has 6 heteroatoms. The molecule has 1 heterocycles. The first-order valence-electron chi connectivity index (χ1n) is 4.90. The maximum atomic E-state index is 11.5. The van der Waals surface area contributed by atoms with Gasteiger partial charge in [-0.25, -0.2) is 4.79 Å². The van der Waals surface area contributed by atoms with E-state index in [0.29, 0.717) is 25.7 Å². The molecule has 0 aromatic rings. The van der Waals surface area contributed by atoms with E-state index in [1.807, 2.05) is 0 Å². The number of carbonyl (C=O) groups excluding carboxylic acids is 2. The molecular weight excluding hydrogens is 200 g/mol. The fraction of sp³-hybridized carbons (Fsp3) is 0.667. The lowest BCUT2D eigenvalue weighted by Crippen LogP contribution is -2.50. The molecule has 2 aliphatic rings. The Morgan fingerprint density at radius 3 is 2.33 bits per heavy atom. The van der Waals surface area contributed by atoms with E-state index in [1.54, 1.807) is 0 Å². The van der Waals surface area contributed by atoms with Gasteiger partial charge in [0.2, 0.25) is 0 Å². The second-order valence-electron chi connectivity index (χ2n) is 4.10. The first-order valence-corrected chi connectivity index (χ1v) is 4.90. The molecule has 1 saturated heterocycles. The van der Waals surface area contributed by atoms with E-state index in [9.17, 15) is 14.4 Å². The van der Waals surface area contributed by atoms with Gasteiger partial charge in [-0.15, -0.1) is 0 Å². The minimum Gasteiger partial charge on any atom is -0.481 e. The number of carboxylic acid groups (broad SMARTS) is 1. The number of nitrogens with one attached hydrogen (secondary N) is 2. The van der Waals surface area contributed by atoms with Crippen LogP contribution in [-0.2, 0) is 9.59 Å². The van der Waals surface area contributed by atoms with Crippen molar-refractivity contribution < 1.29 is 19.5 Å². The van der Waals surface area contributed by atoms with Crippen LogP contribution < -0.4 is 10.6 Å². The molecular formula is C9H12N2O4. The van der Waals surface area contributed by atoms with E-state index in [0.717, 1.165) is 0 Å². The molecule has 3 N–H and O–H groups in total. The molecule has 0 bridgehead atoms. The lowest BCUT2D eigenvalue weighted by Gasteiger charge is -2.32. The zero-order valence-electron chi connectivity index (χ0n) is 8.08. The third-order valence-corrected chi connectivity index (χ3v) is 3.20. The zero-order valence-corrected chi connectivity index (χ0v) is 8.08. The summed E-state index contributed by atoms with van der Waals surface area (Å²) in [5.74, 6) is -1.54. The van der Waals surface area contributed by atoms with Crippen LogP contribution >= 0.6 is 0 Å². The van der Waals surface area contributed by atoms with Crippen molar-refractivity contribution in [3.05, 3.63) is 0 Å². The van der Waals surface area contributed by atoms with Crippen molar-refractivity contribution in [1.29, 1.82) is 0 Å². The predicted molar refractivity (Wildman–Crippen MR) is 49.0 cm³/mol. The number of carboxylic acids is 1. The number of rotatable bonds is 1. The van der Waals surface area contributed by atoms with E-state index in [1.165, 1.54) is 0 Å². The van der Waals surface area contributed by atoms with Crippen LogP contribution in [0, 0.1) is 5.92 Å². The van der Waals surface area contributed by atoms with Crippen LogP contribution in [0.4, 0.5) is 4.79 Å². The van der Waals surface area contributed by atoms with Gasteiger partial charge in [0.1, 0.15) is 5.54 Å². The van der Waals surface area contributed by atoms with E-state index >= 15 is 0 Å². The minimum atomic E-state index is -0.844. The minimum absolute atomic E-state index is 0.323. The van der Waals surface area contributed by atoms with Gasteiger partial charge in [-0.1, -0.05) is 0 Å². The van der Waals surface area contributed by atoms with Crippen molar-refractivity contribution in [2.45, 2.75) is 31.2 Å². The predicted octanol–water partition coefficient (Wildman–Crippen LogP) is -0.161. The molecule has 2 fully saturated rings. The van der Waals surface area contributed by atoms with Crippen molar-refractivity contribution in [2.75, 3.05) is 0 Å². The first-order chi connectivity index (χ1) is 7.03. The summed E-state index contributed by atoms with van der Waals surface area (Å²) in [7, 11) is 0. The van der Waals surface area contributed by atoms with Gasteiger partial charge in [0.25, 0.3) is 5.91 Å². The Morgan fingerprint density at radius 2 is 1.93 bits per heavy atom. The average molecular weight is 212 g/mol. The Labute approximate surface area is 86.0 Å². The molecule has 6 nitrogen and oxygen atoms in total. The third kappa shape index (κ3) is 1.55. The summed E-state index contributed by atoms with van der Waals surface area (Å²) >= 11 is 0. The lowest BCUT2D eigenvalue weighted by molar-refractivity contribution is -0.144. The molecule has 2 rings (SSSR count). The van der Waals surface area contributed by atoms with Gasteiger partial charge in [-0.05, 0) is 25.7 Å². The monoisotopic (exact) mass is 212 g/mol. The zero-order chi connectivity index (χ0) is 11.1. The molecule has 0 unspecified atom stereocenters. The highest BCUT2D eigenvalue weighted by Crippen LogP contribution is 2.34. The molecule has 1 spiro atoms. The highest BCUT2D eigenvalue weighted by atomic mass is 16.4. The number of urea groups is 1. The quantitative estimate of drug-likeness (QED) is 0.526. The topological polar surface area (TPSA) is 95.5 Å². The van der Waals surface area contributed by atoms with Gasteiger partial charge in [0.05, 0.1) is 5.92 Å². The maximum Gasteiger partial charge on any atom is 0.322 e. The van der Waals surface area contributed by atoms with Crippen LogP contribution in [0.25, 0.3) is 0 Å². The smallest absolute Gasteiger partial charge is 0.322 e. The van der Waals surface area contributed by atoms with Crippen molar-refractivity contribution >= 4 is 17.9 Å². The molecule has 1 aliphatic heterocycles. The Hall–Kier alpha value is -1.59. The van der Waals surface area contributed by atoms with Crippen LogP contribution in [-0.4, -0.2) is 28.6 Å². The highest BCUT2D eigenvalue weighted by molar-refractivity contribution is 6.07. The van der Waals surface area contributed by atoms with Crippen molar-refractivity contribution in [3.8, 4) is 0 Å². The number of hydrogen-bond acceptors (Lipinski definition) is 3. The standard InChI is InChI=1S/C9H12N2O4/c12-6(13)5-1-3-9(4-2-5)7(14)10-8(15)11-9/h5H,1-4H2,(H,12,13)(H2,10,11,14,15). The number of hydrogen-bond donors (Lipinski definition) is 3. The van der Waals surface area contributed by atoms with Crippen LogP contribution in [0.5, 0.6) is 0 Å². The molecule has 3 amide bonds. The van der Waals surface area contributed by atoms with Gasteiger partial charge >= 0.3 is 12.0 Å². The second-order valence-corrected chi connectivity index (χ2v) is 4.10. The van der Waals surface area contributed by atoms with E-state index < -0.39 is 17.5 Å².